The summed E-state index contributed by atoms with van der Waals surface area (Å²) in [5.74, 6) is 0. The zero-order chi connectivity index (χ0) is 25.0. The Kier molecular flexibility index (Phi) is 7.22. The molecule has 3 heterocycles. The number of rotatable bonds is 6. The van der Waals surface area contributed by atoms with E-state index in [1.54, 1.807) is 0 Å². The van der Waals surface area contributed by atoms with Crippen molar-refractivity contribution in [2.24, 2.45) is 0 Å². The van der Waals surface area contributed by atoms with Crippen molar-refractivity contribution >= 4 is 6.03 Å². The fraction of sp³-hybridized carbons (Fsp3) is 0.438. The molecule has 3 aliphatic rings. The Morgan fingerprint density at radius 2 is 1.51 bits per heavy atom. The predicted octanol–water partition coefficient (Wildman–Crippen LogP) is 6.52. The van der Waals surface area contributed by atoms with E-state index < -0.39 is 0 Å². The number of urea groups is 1. The lowest BCUT2D eigenvalue weighted by molar-refractivity contribution is 0.106. The molecule has 1 atom stereocenters. The molecule has 1 aromatic heterocycles. The van der Waals surface area contributed by atoms with Crippen LogP contribution in [0.2, 0.25) is 0 Å². The minimum absolute atomic E-state index is 0.173. The largest absolute Gasteiger partial charge is 0.321 e. The van der Waals surface area contributed by atoms with Crippen molar-refractivity contribution in [1.29, 1.82) is 0 Å². The van der Waals surface area contributed by atoms with Crippen LogP contribution >= 0.6 is 0 Å². The van der Waals surface area contributed by atoms with E-state index in [4.69, 9.17) is 0 Å². The second-order valence-corrected chi connectivity index (χ2v) is 11.0. The van der Waals surface area contributed by atoms with Crippen LogP contribution < -0.4 is 0 Å². The second kappa shape index (κ2) is 11.1. The molecule has 2 aliphatic heterocycles. The fourth-order valence-corrected chi connectivity index (χ4v) is 6.63. The van der Waals surface area contributed by atoms with Crippen LogP contribution in [0.4, 0.5) is 4.79 Å². The first-order valence-corrected chi connectivity index (χ1v) is 14.1. The molecule has 2 amide bonds. The van der Waals surface area contributed by atoms with Gasteiger partial charge in [0.05, 0.1) is 6.04 Å². The molecule has 0 radical (unpaired) electrons. The minimum atomic E-state index is 0.173. The summed E-state index contributed by atoms with van der Waals surface area (Å²) < 4.78 is 0. The molecule has 192 valence electrons. The maximum absolute atomic E-state index is 13.8. The third-order valence-corrected chi connectivity index (χ3v) is 8.68. The van der Waals surface area contributed by atoms with Crippen molar-refractivity contribution in [1.82, 2.24) is 19.7 Å². The highest BCUT2D eigenvalue weighted by molar-refractivity contribution is 5.78. The van der Waals surface area contributed by atoms with Crippen LogP contribution in [0.5, 0.6) is 0 Å². The van der Waals surface area contributed by atoms with Crippen molar-refractivity contribution in [2.45, 2.75) is 69.6 Å². The van der Waals surface area contributed by atoms with E-state index in [0.717, 1.165) is 44.6 Å². The maximum atomic E-state index is 13.8. The number of carbonyl (C=O) groups is 1. The molecule has 0 N–H and O–H groups in total. The Morgan fingerprint density at radius 3 is 2.22 bits per heavy atom. The number of nitrogens with zero attached hydrogens (tertiary/aromatic N) is 4. The lowest BCUT2D eigenvalue weighted by atomic mass is 9.94. The standard InChI is InChI=1S/C32H38N4O/c37-32-35(29-11-5-2-6-12-29)24-31(27-8-3-1-4-9-27)36(32)30-17-20-34(21-18-30)23-25-13-15-26(16-14-25)28-10-7-19-33-22-28/h1,3-4,7-10,13-16,19,22,29-31H,2,5-6,11-12,17-18,20-21,23-24H2/t31-/m0/s1. The summed E-state index contributed by atoms with van der Waals surface area (Å²) in [7, 11) is 0. The smallest absolute Gasteiger partial charge is 0.319 e. The van der Waals surface area contributed by atoms with Gasteiger partial charge in [-0.3, -0.25) is 9.88 Å². The van der Waals surface area contributed by atoms with E-state index in [1.165, 1.54) is 48.8 Å². The van der Waals surface area contributed by atoms with E-state index in [0.29, 0.717) is 12.1 Å². The van der Waals surface area contributed by atoms with Crippen molar-refractivity contribution in [3.05, 3.63) is 90.3 Å². The van der Waals surface area contributed by atoms with Gasteiger partial charge in [0.25, 0.3) is 0 Å². The Bertz CT molecular complexity index is 1150. The molecule has 2 aromatic carbocycles. The van der Waals surface area contributed by atoms with E-state index >= 15 is 0 Å². The van der Waals surface area contributed by atoms with Crippen LogP contribution in [0.1, 0.15) is 62.1 Å². The zero-order valence-electron chi connectivity index (χ0n) is 21.7. The van der Waals surface area contributed by atoms with Crippen LogP contribution in [-0.4, -0.2) is 57.4 Å². The zero-order valence-corrected chi connectivity index (χ0v) is 21.7. The van der Waals surface area contributed by atoms with Gasteiger partial charge in [-0.25, -0.2) is 4.79 Å². The third kappa shape index (κ3) is 5.28. The molecular formula is C32H38N4O. The van der Waals surface area contributed by atoms with E-state index in [-0.39, 0.29) is 12.1 Å². The van der Waals surface area contributed by atoms with Gasteiger partial charge in [0.15, 0.2) is 0 Å². The predicted molar refractivity (Wildman–Crippen MR) is 148 cm³/mol. The van der Waals surface area contributed by atoms with Crippen LogP contribution in [0.25, 0.3) is 11.1 Å². The number of hydrogen-bond donors (Lipinski definition) is 0. The molecule has 1 aliphatic carbocycles. The molecule has 0 spiro atoms. The molecule has 1 saturated carbocycles. The molecule has 6 rings (SSSR count). The average molecular weight is 495 g/mol. The molecule has 0 unspecified atom stereocenters. The number of likely N-dealkylation sites (tertiary alicyclic amines) is 1. The monoisotopic (exact) mass is 494 g/mol. The summed E-state index contributed by atoms with van der Waals surface area (Å²) in [6, 6.07) is 24.9. The Hall–Kier alpha value is -3.18. The van der Waals surface area contributed by atoms with E-state index in [1.807, 2.05) is 18.5 Å². The first-order valence-electron chi connectivity index (χ1n) is 14.1. The highest BCUT2D eigenvalue weighted by Gasteiger charge is 2.45. The number of amides is 2. The molecule has 3 fully saturated rings. The van der Waals surface area contributed by atoms with E-state index in [9.17, 15) is 4.79 Å². The lowest BCUT2D eigenvalue weighted by Crippen LogP contribution is -2.48. The van der Waals surface area contributed by atoms with Crippen LogP contribution in [0.3, 0.4) is 0 Å². The minimum Gasteiger partial charge on any atom is -0.319 e. The van der Waals surface area contributed by atoms with Crippen LogP contribution in [0.15, 0.2) is 79.1 Å². The Balaban J connectivity index is 1.11. The fourth-order valence-electron chi connectivity index (χ4n) is 6.63. The summed E-state index contributed by atoms with van der Waals surface area (Å²) in [5.41, 5.74) is 4.98. The van der Waals surface area contributed by atoms with Gasteiger partial charge in [-0.2, -0.15) is 0 Å². The number of pyridine rings is 1. The average Bonchev–Trinajstić information content (AvgIpc) is 3.32. The number of hydrogen-bond acceptors (Lipinski definition) is 3. The Morgan fingerprint density at radius 1 is 0.757 bits per heavy atom. The van der Waals surface area contributed by atoms with Crippen molar-refractivity contribution < 1.29 is 4.79 Å². The summed E-state index contributed by atoms with van der Waals surface area (Å²) >= 11 is 0. The van der Waals surface area contributed by atoms with Gasteiger partial charge in [0.1, 0.15) is 0 Å². The number of piperidine rings is 1. The number of aromatic nitrogens is 1. The highest BCUT2D eigenvalue weighted by Crippen LogP contribution is 2.38. The molecular weight excluding hydrogens is 456 g/mol. The molecule has 37 heavy (non-hydrogen) atoms. The Labute approximate surface area is 221 Å². The quantitative estimate of drug-likeness (QED) is 0.391. The maximum Gasteiger partial charge on any atom is 0.321 e. The second-order valence-electron chi connectivity index (χ2n) is 11.0. The molecule has 3 aromatic rings. The summed E-state index contributed by atoms with van der Waals surface area (Å²) in [6.45, 7) is 3.87. The molecule has 5 nitrogen and oxygen atoms in total. The normalized spacial score (nSPS) is 22.1. The molecule has 2 saturated heterocycles. The van der Waals surface area contributed by atoms with Crippen molar-refractivity contribution in [2.75, 3.05) is 19.6 Å². The summed E-state index contributed by atoms with van der Waals surface area (Å²) in [4.78, 5) is 25.1. The van der Waals surface area contributed by atoms with Crippen molar-refractivity contribution in [3.8, 4) is 11.1 Å². The van der Waals surface area contributed by atoms with Gasteiger partial charge in [0.2, 0.25) is 0 Å². The van der Waals surface area contributed by atoms with Gasteiger partial charge in [-0.15, -0.1) is 0 Å². The van der Waals surface area contributed by atoms with Gasteiger partial charge in [-0.05, 0) is 54.0 Å². The molecule has 5 heteroatoms. The lowest BCUT2D eigenvalue weighted by Gasteiger charge is -2.39. The summed E-state index contributed by atoms with van der Waals surface area (Å²) in [5, 5.41) is 0. The van der Waals surface area contributed by atoms with Gasteiger partial charge < -0.3 is 9.80 Å². The van der Waals surface area contributed by atoms with Gasteiger partial charge >= 0.3 is 6.03 Å². The SMILES string of the molecule is O=C1N(C2CCCCC2)C[C@@H](c2ccccc2)N1C1CCN(Cc2ccc(-c3cccnc3)cc2)CC1. The summed E-state index contributed by atoms with van der Waals surface area (Å²) in [6.07, 6.45) is 12.0. The topological polar surface area (TPSA) is 39.7 Å². The van der Waals surface area contributed by atoms with Crippen LogP contribution in [0, 0.1) is 0 Å². The van der Waals surface area contributed by atoms with Crippen molar-refractivity contribution in [3.63, 3.8) is 0 Å². The number of benzene rings is 2. The third-order valence-electron chi connectivity index (χ3n) is 8.68. The van der Waals surface area contributed by atoms with E-state index in [2.05, 4.69) is 80.3 Å². The molecule has 0 bridgehead atoms. The number of carbonyl (C=O) groups excluding carboxylic acids is 1. The first-order chi connectivity index (χ1) is 18.3. The highest BCUT2D eigenvalue weighted by atomic mass is 16.2. The van der Waals surface area contributed by atoms with Gasteiger partial charge in [-0.1, -0.05) is 79.9 Å². The van der Waals surface area contributed by atoms with Crippen LogP contribution in [-0.2, 0) is 6.54 Å². The van der Waals surface area contributed by atoms with Gasteiger partial charge in [0, 0.05) is 50.7 Å². The first kappa shape index (κ1) is 24.2.